The first kappa shape index (κ1) is 15.0. The number of carboxylic acids is 1. The lowest BCUT2D eigenvalue weighted by molar-refractivity contribution is -0.146. The predicted octanol–water partition coefficient (Wildman–Crippen LogP) is 2.33. The Hall–Kier alpha value is -1.92. The Kier molecular flexibility index (Phi) is 3.45. The van der Waals surface area contributed by atoms with Gasteiger partial charge in [-0.05, 0) is 24.8 Å². The van der Waals surface area contributed by atoms with Crippen LogP contribution in [0.2, 0.25) is 0 Å². The zero-order chi connectivity index (χ0) is 16.0. The maximum atomic E-state index is 12.9. The molecule has 1 aliphatic rings. The standard InChI is InChI=1S/C16H17NO4S/c1-16(15(18)19)9-10-17(11-16)22(20,21)14-8-4-6-12-5-2-3-7-13(12)14/h2-8H,9-11H2,1H3,(H,18,19). The van der Waals surface area contributed by atoms with Gasteiger partial charge < -0.3 is 5.11 Å². The molecule has 0 spiro atoms. The number of rotatable bonds is 3. The molecule has 0 radical (unpaired) electrons. The molecule has 5 nitrogen and oxygen atoms in total. The van der Waals surface area contributed by atoms with Crippen LogP contribution in [0.25, 0.3) is 10.8 Å². The molecule has 1 atom stereocenters. The maximum Gasteiger partial charge on any atom is 0.310 e. The van der Waals surface area contributed by atoms with E-state index in [0.717, 1.165) is 5.39 Å². The first-order valence-electron chi connectivity index (χ1n) is 7.06. The van der Waals surface area contributed by atoms with Crippen LogP contribution in [0.4, 0.5) is 0 Å². The second kappa shape index (κ2) is 5.07. The lowest BCUT2D eigenvalue weighted by atomic mass is 9.90. The smallest absolute Gasteiger partial charge is 0.310 e. The first-order valence-corrected chi connectivity index (χ1v) is 8.50. The number of carboxylic acid groups (broad SMARTS) is 1. The average molecular weight is 319 g/mol. The number of benzene rings is 2. The molecule has 0 aromatic heterocycles. The lowest BCUT2D eigenvalue weighted by Crippen LogP contribution is -2.34. The fraction of sp³-hybridized carbons (Fsp3) is 0.312. The summed E-state index contributed by atoms with van der Waals surface area (Å²) < 4.78 is 27.1. The maximum absolute atomic E-state index is 12.9. The van der Waals surface area contributed by atoms with Crippen molar-refractivity contribution in [2.45, 2.75) is 18.2 Å². The fourth-order valence-corrected chi connectivity index (χ4v) is 4.64. The van der Waals surface area contributed by atoms with Gasteiger partial charge in [0.25, 0.3) is 0 Å². The van der Waals surface area contributed by atoms with E-state index in [1.54, 1.807) is 31.2 Å². The highest BCUT2D eigenvalue weighted by Gasteiger charge is 2.45. The number of nitrogens with zero attached hydrogens (tertiary/aromatic N) is 1. The van der Waals surface area contributed by atoms with Gasteiger partial charge in [-0.2, -0.15) is 4.31 Å². The third-order valence-corrected chi connectivity index (χ3v) is 6.23. The number of hydrogen-bond acceptors (Lipinski definition) is 3. The minimum atomic E-state index is -3.70. The first-order chi connectivity index (χ1) is 10.3. The highest BCUT2D eigenvalue weighted by Crippen LogP contribution is 2.35. The third kappa shape index (κ3) is 2.28. The van der Waals surface area contributed by atoms with Gasteiger partial charge in [-0.25, -0.2) is 8.42 Å². The molecule has 6 heteroatoms. The van der Waals surface area contributed by atoms with Gasteiger partial charge in [0.15, 0.2) is 0 Å². The van der Waals surface area contributed by atoms with Crippen molar-refractivity contribution in [1.29, 1.82) is 0 Å². The highest BCUT2D eigenvalue weighted by atomic mass is 32.2. The minimum Gasteiger partial charge on any atom is -0.481 e. The van der Waals surface area contributed by atoms with E-state index in [4.69, 9.17) is 0 Å². The summed E-state index contributed by atoms with van der Waals surface area (Å²) in [6.07, 6.45) is 0.326. The Morgan fingerprint density at radius 3 is 2.55 bits per heavy atom. The van der Waals surface area contributed by atoms with Gasteiger partial charge >= 0.3 is 5.97 Å². The van der Waals surface area contributed by atoms with E-state index in [1.165, 1.54) is 4.31 Å². The van der Waals surface area contributed by atoms with Crippen LogP contribution in [-0.4, -0.2) is 36.9 Å². The minimum absolute atomic E-state index is 0.00783. The normalized spacial score (nSPS) is 23.0. The van der Waals surface area contributed by atoms with Gasteiger partial charge in [-0.3, -0.25) is 4.79 Å². The molecule has 0 aliphatic carbocycles. The Morgan fingerprint density at radius 1 is 1.18 bits per heavy atom. The molecule has 2 aromatic rings. The molecule has 0 bridgehead atoms. The van der Waals surface area contributed by atoms with E-state index in [2.05, 4.69) is 0 Å². The molecule has 1 aliphatic heterocycles. The molecule has 22 heavy (non-hydrogen) atoms. The Morgan fingerprint density at radius 2 is 1.86 bits per heavy atom. The van der Waals surface area contributed by atoms with E-state index in [9.17, 15) is 18.3 Å². The summed E-state index contributed by atoms with van der Waals surface area (Å²) in [7, 11) is -3.70. The molecule has 0 saturated carbocycles. The zero-order valence-corrected chi connectivity index (χ0v) is 13.0. The summed E-state index contributed by atoms with van der Waals surface area (Å²) in [5.41, 5.74) is -1.02. The van der Waals surface area contributed by atoms with Gasteiger partial charge in [0, 0.05) is 18.5 Å². The van der Waals surface area contributed by atoms with Crippen LogP contribution in [0, 0.1) is 5.41 Å². The Balaban J connectivity index is 2.05. The van der Waals surface area contributed by atoms with Crippen molar-refractivity contribution in [2.75, 3.05) is 13.1 Å². The van der Waals surface area contributed by atoms with Crippen molar-refractivity contribution in [3.05, 3.63) is 42.5 Å². The van der Waals surface area contributed by atoms with Gasteiger partial charge in [-0.1, -0.05) is 36.4 Å². The number of aliphatic carboxylic acids is 1. The second-order valence-electron chi connectivity index (χ2n) is 5.93. The van der Waals surface area contributed by atoms with Crippen LogP contribution < -0.4 is 0 Å². The zero-order valence-electron chi connectivity index (χ0n) is 12.2. The third-order valence-electron chi connectivity index (χ3n) is 4.32. The quantitative estimate of drug-likeness (QED) is 0.942. The summed E-state index contributed by atoms with van der Waals surface area (Å²) in [5, 5.41) is 10.8. The molecule has 1 unspecified atom stereocenters. The highest BCUT2D eigenvalue weighted by molar-refractivity contribution is 7.89. The van der Waals surface area contributed by atoms with Gasteiger partial charge in [-0.15, -0.1) is 0 Å². The molecule has 116 valence electrons. The van der Waals surface area contributed by atoms with Crippen molar-refractivity contribution in [3.8, 4) is 0 Å². The Labute approximate surface area is 129 Å². The van der Waals surface area contributed by atoms with Gasteiger partial charge in [0.05, 0.1) is 10.3 Å². The molecule has 3 rings (SSSR count). The number of fused-ring (bicyclic) bond motifs is 1. The van der Waals surface area contributed by atoms with Crippen molar-refractivity contribution in [2.24, 2.45) is 5.41 Å². The van der Waals surface area contributed by atoms with E-state index in [0.29, 0.717) is 11.8 Å². The van der Waals surface area contributed by atoms with Crippen LogP contribution in [0.1, 0.15) is 13.3 Å². The largest absolute Gasteiger partial charge is 0.481 e. The molecule has 0 amide bonds. The average Bonchev–Trinajstić information content (AvgIpc) is 2.91. The van der Waals surface area contributed by atoms with Crippen molar-refractivity contribution in [3.63, 3.8) is 0 Å². The molecule has 1 fully saturated rings. The van der Waals surface area contributed by atoms with Crippen molar-refractivity contribution >= 4 is 26.8 Å². The van der Waals surface area contributed by atoms with E-state index in [1.807, 2.05) is 18.2 Å². The monoisotopic (exact) mass is 319 g/mol. The van der Waals surface area contributed by atoms with Gasteiger partial charge in [0.2, 0.25) is 10.0 Å². The SMILES string of the molecule is CC1(C(=O)O)CCN(S(=O)(=O)c2cccc3ccccc23)C1. The molecular formula is C16H17NO4S. The predicted molar refractivity (Wildman–Crippen MR) is 83.1 cm³/mol. The van der Waals surface area contributed by atoms with Crippen molar-refractivity contribution in [1.82, 2.24) is 4.31 Å². The Bertz CT molecular complexity index is 841. The van der Waals surface area contributed by atoms with Crippen molar-refractivity contribution < 1.29 is 18.3 Å². The van der Waals surface area contributed by atoms with E-state index in [-0.39, 0.29) is 18.0 Å². The van der Waals surface area contributed by atoms with Crippen LogP contribution in [0.5, 0.6) is 0 Å². The molecule has 1 heterocycles. The van der Waals surface area contributed by atoms with Crippen LogP contribution in [-0.2, 0) is 14.8 Å². The lowest BCUT2D eigenvalue weighted by Gasteiger charge is -2.20. The molecule has 1 saturated heterocycles. The molecule has 1 N–H and O–H groups in total. The molecular weight excluding hydrogens is 302 g/mol. The second-order valence-corrected chi connectivity index (χ2v) is 7.84. The van der Waals surface area contributed by atoms with Crippen LogP contribution in [0.15, 0.2) is 47.4 Å². The van der Waals surface area contributed by atoms with E-state index < -0.39 is 21.4 Å². The summed E-state index contributed by atoms with van der Waals surface area (Å²) in [6.45, 7) is 1.83. The van der Waals surface area contributed by atoms with Crippen LogP contribution in [0.3, 0.4) is 0 Å². The molecule has 2 aromatic carbocycles. The number of carbonyl (C=O) groups is 1. The van der Waals surface area contributed by atoms with E-state index >= 15 is 0 Å². The summed E-state index contributed by atoms with van der Waals surface area (Å²) in [6, 6.07) is 12.4. The van der Waals surface area contributed by atoms with Gasteiger partial charge in [0.1, 0.15) is 0 Å². The fourth-order valence-electron chi connectivity index (χ4n) is 2.86. The summed E-state index contributed by atoms with van der Waals surface area (Å²) >= 11 is 0. The number of sulfonamides is 1. The number of hydrogen-bond donors (Lipinski definition) is 1. The van der Waals surface area contributed by atoms with Crippen LogP contribution >= 0.6 is 0 Å². The summed E-state index contributed by atoms with van der Waals surface area (Å²) in [4.78, 5) is 11.6. The summed E-state index contributed by atoms with van der Waals surface area (Å²) in [5.74, 6) is -0.955. The topological polar surface area (TPSA) is 74.7 Å².